The number of hydrogen-bond donors (Lipinski definition) is 1. The third-order valence-corrected chi connectivity index (χ3v) is 11.8. The van der Waals surface area contributed by atoms with Crippen molar-refractivity contribution in [2.75, 3.05) is 13.2 Å². The molecule has 2 aliphatic rings. The standard InChI is InChI=1S/C23H44O5Si/c1-16(2)28-22(25)10-8-9-17-11-12-18-19(20(24)13-21(18)26-14-17)15-27-29(6,7)23(3,4)5/h16-21,24H,8-15H2,1-7H3/t17-,18-,19-,20-,21+/m1/s1. The van der Waals surface area contributed by atoms with Crippen LogP contribution in [0.1, 0.15) is 73.1 Å². The summed E-state index contributed by atoms with van der Waals surface area (Å²) >= 11 is 0. The van der Waals surface area contributed by atoms with Crippen LogP contribution < -0.4 is 0 Å². The van der Waals surface area contributed by atoms with Gasteiger partial charge < -0.3 is 19.0 Å². The maximum atomic E-state index is 11.7. The highest BCUT2D eigenvalue weighted by Crippen LogP contribution is 2.43. The van der Waals surface area contributed by atoms with Crippen molar-refractivity contribution < 1.29 is 23.8 Å². The summed E-state index contributed by atoms with van der Waals surface area (Å²) < 4.78 is 17.9. The Balaban J connectivity index is 1.83. The minimum atomic E-state index is -1.82. The summed E-state index contributed by atoms with van der Waals surface area (Å²) in [5.74, 6) is 0.948. The molecule has 29 heavy (non-hydrogen) atoms. The Morgan fingerprint density at radius 3 is 2.55 bits per heavy atom. The molecule has 1 aliphatic heterocycles. The van der Waals surface area contributed by atoms with Gasteiger partial charge in [-0.2, -0.15) is 0 Å². The minimum absolute atomic E-state index is 0.0417. The number of hydrogen-bond acceptors (Lipinski definition) is 5. The first-order valence-electron chi connectivity index (χ1n) is 11.5. The summed E-state index contributed by atoms with van der Waals surface area (Å²) in [5.41, 5.74) is 0. The average Bonchev–Trinajstić information content (AvgIpc) is 2.74. The Bertz CT molecular complexity index is 528. The molecule has 1 aliphatic carbocycles. The van der Waals surface area contributed by atoms with Gasteiger partial charge in [0.25, 0.3) is 0 Å². The van der Waals surface area contributed by atoms with Gasteiger partial charge in [0.1, 0.15) is 0 Å². The maximum Gasteiger partial charge on any atom is 0.306 e. The molecule has 6 heteroatoms. The van der Waals surface area contributed by atoms with Gasteiger partial charge in [-0.3, -0.25) is 4.79 Å². The van der Waals surface area contributed by atoms with Crippen molar-refractivity contribution in [3.05, 3.63) is 0 Å². The molecule has 2 fully saturated rings. The van der Waals surface area contributed by atoms with Crippen molar-refractivity contribution in [3.63, 3.8) is 0 Å². The lowest BCUT2D eigenvalue weighted by Crippen LogP contribution is -2.43. The van der Waals surface area contributed by atoms with E-state index in [1.807, 2.05) is 13.8 Å². The van der Waals surface area contributed by atoms with Crippen molar-refractivity contribution in [3.8, 4) is 0 Å². The van der Waals surface area contributed by atoms with E-state index in [0.717, 1.165) is 38.7 Å². The molecular formula is C23H44O5Si. The smallest absolute Gasteiger partial charge is 0.306 e. The lowest BCUT2D eigenvalue weighted by Gasteiger charge is -2.38. The quantitative estimate of drug-likeness (QED) is 0.439. The first-order chi connectivity index (χ1) is 13.4. The van der Waals surface area contributed by atoms with E-state index < -0.39 is 8.32 Å². The van der Waals surface area contributed by atoms with E-state index in [2.05, 4.69) is 33.9 Å². The number of fused-ring (bicyclic) bond motifs is 1. The molecule has 5 atom stereocenters. The number of aliphatic hydroxyl groups is 1. The lowest BCUT2D eigenvalue weighted by molar-refractivity contribution is -0.147. The van der Waals surface area contributed by atoms with Gasteiger partial charge >= 0.3 is 5.97 Å². The van der Waals surface area contributed by atoms with Gasteiger partial charge in [-0.15, -0.1) is 0 Å². The van der Waals surface area contributed by atoms with Crippen LogP contribution in [-0.2, 0) is 18.7 Å². The van der Waals surface area contributed by atoms with Crippen molar-refractivity contribution in [1.82, 2.24) is 0 Å². The highest BCUT2D eigenvalue weighted by molar-refractivity contribution is 6.74. The van der Waals surface area contributed by atoms with Crippen LogP contribution in [0, 0.1) is 17.8 Å². The minimum Gasteiger partial charge on any atom is -0.463 e. The van der Waals surface area contributed by atoms with Gasteiger partial charge in [-0.25, -0.2) is 0 Å². The van der Waals surface area contributed by atoms with Crippen LogP contribution >= 0.6 is 0 Å². The molecule has 1 saturated carbocycles. The molecule has 0 radical (unpaired) electrons. The number of carbonyl (C=O) groups is 1. The predicted molar refractivity (Wildman–Crippen MR) is 118 cm³/mol. The number of esters is 1. The van der Waals surface area contributed by atoms with Crippen molar-refractivity contribution in [1.29, 1.82) is 0 Å². The summed E-state index contributed by atoms with van der Waals surface area (Å²) in [6, 6.07) is 0. The zero-order valence-electron chi connectivity index (χ0n) is 19.7. The molecular weight excluding hydrogens is 384 g/mol. The summed E-state index contributed by atoms with van der Waals surface area (Å²) in [5, 5.41) is 10.8. The van der Waals surface area contributed by atoms with Gasteiger partial charge in [-0.05, 0) is 69.5 Å². The third-order valence-electron chi connectivity index (χ3n) is 7.25. The molecule has 0 amide bonds. The van der Waals surface area contributed by atoms with Gasteiger partial charge in [0.15, 0.2) is 8.32 Å². The van der Waals surface area contributed by atoms with Gasteiger partial charge in [0.05, 0.1) is 18.3 Å². The lowest BCUT2D eigenvalue weighted by atomic mass is 9.87. The fourth-order valence-corrected chi connectivity index (χ4v) is 5.39. The molecule has 1 saturated heterocycles. The van der Waals surface area contributed by atoms with E-state index in [4.69, 9.17) is 13.9 Å². The SMILES string of the molecule is CC(C)OC(=O)CCC[C@@H]1CC[C@@H]2[C@@H](CO[Si](C)(C)C(C)(C)C)[C@H](O)C[C@@H]2OC1. The molecule has 0 aromatic rings. The van der Waals surface area contributed by atoms with E-state index in [-0.39, 0.29) is 35.2 Å². The molecule has 0 aromatic heterocycles. The first kappa shape index (κ1) is 24.8. The van der Waals surface area contributed by atoms with Crippen LogP contribution in [-0.4, -0.2) is 50.9 Å². The molecule has 2 rings (SSSR count). The zero-order chi connectivity index (χ0) is 21.8. The van der Waals surface area contributed by atoms with Crippen LogP contribution in [0.5, 0.6) is 0 Å². The van der Waals surface area contributed by atoms with E-state index in [9.17, 15) is 9.90 Å². The molecule has 1 N–H and O–H groups in total. The molecule has 0 spiro atoms. The molecule has 1 heterocycles. The normalized spacial score (nSPS) is 30.9. The number of ether oxygens (including phenoxy) is 2. The van der Waals surface area contributed by atoms with E-state index in [0.29, 0.717) is 24.9 Å². The third kappa shape index (κ3) is 7.05. The van der Waals surface area contributed by atoms with Crippen molar-refractivity contribution in [2.24, 2.45) is 17.8 Å². The van der Waals surface area contributed by atoms with E-state index in [1.165, 1.54) is 0 Å². The highest BCUT2D eigenvalue weighted by Gasteiger charge is 2.46. The molecule has 170 valence electrons. The summed E-state index contributed by atoms with van der Waals surface area (Å²) in [4.78, 5) is 11.7. The molecule has 0 unspecified atom stereocenters. The second kappa shape index (κ2) is 10.3. The Kier molecular flexibility index (Phi) is 8.78. The van der Waals surface area contributed by atoms with Crippen LogP contribution in [0.25, 0.3) is 0 Å². The Hall–Kier alpha value is -0.433. The summed E-state index contributed by atoms with van der Waals surface area (Å²) in [6.45, 7) is 16.5. The van der Waals surface area contributed by atoms with Gasteiger partial charge in [0, 0.05) is 32.0 Å². The number of rotatable bonds is 8. The van der Waals surface area contributed by atoms with Crippen LogP contribution in [0.4, 0.5) is 0 Å². The number of aliphatic hydroxyl groups excluding tert-OH is 1. The average molecular weight is 429 g/mol. The second-order valence-electron chi connectivity index (χ2n) is 10.9. The van der Waals surface area contributed by atoms with Crippen molar-refractivity contribution >= 4 is 14.3 Å². The van der Waals surface area contributed by atoms with Gasteiger partial charge in [0.2, 0.25) is 0 Å². The van der Waals surface area contributed by atoms with Crippen LogP contribution in [0.3, 0.4) is 0 Å². The fourth-order valence-electron chi connectivity index (χ4n) is 4.35. The van der Waals surface area contributed by atoms with Gasteiger partial charge in [-0.1, -0.05) is 20.8 Å². The Morgan fingerprint density at radius 1 is 1.24 bits per heavy atom. The predicted octanol–water partition coefficient (Wildman–Crippen LogP) is 4.92. The van der Waals surface area contributed by atoms with E-state index in [1.54, 1.807) is 0 Å². The topological polar surface area (TPSA) is 65.0 Å². The molecule has 0 aromatic carbocycles. The van der Waals surface area contributed by atoms with Crippen LogP contribution in [0.15, 0.2) is 0 Å². The zero-order valence-corrected chi connectivity index (χ0v) is 20.7. The Labute approximate surface area is 179 Å². The molecule has 5 nitrogen and oxygen atoms in total. The Morgan fingerprint density at radius 2 is 1.93 bits per heavy atom. The summed E-state index contributed by atoms with van der Waals surface area (Å²) in [6.07, 6.45) is 5.03. The summed E-state index contributed by atoms with van der Waals surface area (Å²) in [7, 11) is -1.82. The largest absolute Gasteiger partial charge is 0.463 e. The number of carbonyl (C=O) groups excluding carboxylic acids is 1. The fraction of sp³-hybridized carbons (Fsp3) is 0.957. The second-order valence-corrected chi connectivity index (χ2v) is 15.8. The van der Waals surface area contributed by atoms with Crippen molar-refractivity contribution in [2.45, 2.75) is 110 Å². The highest BCUT2D eigenvalue weighted by atomic mass is 28.4. The van der Waals surface area contributed by atoms with Crippen LogP contribution in [0.2, 0.25) is 18.1 Å². The monoisotopic (exact) mass is 428 g/mol. The molecule has 0 bridgehead atoms. The first-order valence-corrected chi connectivity index (χ1v) is 14.4. The van der Waals surface area contributed by atoms with E-state index >= 15 is 0 Å². The maximum absolute atomic E-state index is 11.7.